The summed E-state index contributed by atoms with van der Waals surface area (Å²) in [6.07, 6.45) is 1.80. The van der Waals surface area contributed by atoms with Crippen LogP contribution in [0.4, 0.5) is 5.69 Å². The Morgan fingerprint density at radius 3 is 2.39 bits per heavy atom. The molecule has 9 nitrogen and oxygen atoms in total. The number of hydrogen-bond acceptors (Lipinski definition) is 6. The number of fused-ring (bicyclic) bond motifs is 2. The van der Waals surface area contributed by atoms with Crippen LogP contribution in [0.3, 0.4) is 0 Å². The molecule has 0 aliphatic carbocycles. The molecule has 0 saturated heterocycles. The smallest absolute Gasteiger partial charge is 0.328 e. The second kappa shape index (κ2) is 10.2. The van der Waals surface area contributed by atoms with Crippen LogP contribution in [0.25, 0.3) is 17.1 Å². The molecular weight excluding hydrogens is 538 g/mol. The highest BCUT2D eigenvalue weighted by Crippen LogP contribution is 2.31. The van der Waals surface area contributed by atoms with Gasteiger partial charge in [-0.15, -0.1) is 0 Å². The molecule has 1 unspecified atom stereocenters. The van der Waals surface area contributed by atoms with E-state index in [9.17, 15) is 14.4 Å². The van der Waals surface area contributed by atoms with Crippen LogP contribution >= 0.6 is 11.3 Å². The molecule has 1 aliphatic heterocycles. The van der Waals surface area contributed by atoms with Gasteiger partial charge in [0.2, 0.25) is 0 Å². The van der Waals surface area contributed by atoms with Crippen molar-refractivity contribution in [2.24, 2.45) is 19.1 Å². The molecule has 206 valence electrons. The maximum Gasteiger partial charge on any atom is 0.328 e. The van der Waals surface area contributed by atoms with Gasteiger partial charge in [-0.25, -0.2) is 9.79 Å². The third-order valence-electron chi connectivity index (χ3n) is 7.32. The first-order valence-corrected chi connectivity index (χ1v) is 13.8. The zero-order valence-corrected chi connectivity index (χ0v) is 23.7. The van der Waals surface area contributed by atoms with E-state index in [4.69, 9.17) is 9.73 Å². The summed E-state index contributed by atoms with van der Waals surface area (Å²) >= 11 is 1.27. The number of hydrogen-bond donors (Lipinski definition) is 1. The fourth-order valence-corrected chi connectivity index (χ4v) is 6.24. The molecule has 0 spiro atoms. The van der Waals surface area contributed by atoms with Gasteiger partial charge in [0.25, 0.3) is 11.5 Å². The predicted octanol–water partition coefficient (Wildman–Crippen LogP) is 3.07. The number of aryl methyl sites for hydroxylation is 2. The number of amides is 1. The molecule has 0 saturated carbocycles. The van der Waals surface area contributed by atoms with Crippen LogP contribution < -0.4 is 30.6 Å². The summed E-state index contributed by atoms with van der Waals surface area (Å²) in [6, 6.07) is 21.5. The summed E-state index contributed by atoms with van der Waals surface area (Å²) in [6.45, 7) is 1.79. The van der Waals surface area contributed by atoms with E-state index in [0.717, 1.165) is 22.2 Å². The third-order valence-corrected chi connectivity index (χ3v) is 8.31. The Hall–Kier alpha value is -4.96. The molecule has 3 aromatic carbocycles. The van der Waals surface area contributed by atoms with Crippen molar-refractivity contribution < 1.29 is 9.53 Å². The first-order valence-electron chi connectivity index (χ1n) is 12.9. The fraction of sp³-hybridized carbons (Fsp3) is 0.161. The minimum atomic E-state index is -0.694. The van der Waals surface area contributed by atoms with Crippen LogP contribution in [0.5, 0.6) is 5.75 Å². The van der Waals surface area contributed by atoms with Crippen molar-refractivity contribution in [3.8, 4) is 5.75 Å². The van der Waals surface area contributed by atoms with Gasteiger partial charge < -0.3 is 10.1 Å². The van der Waals surface area contributed by atoms with E-state index in [1.54, 1.807) is 47.9 Å². The van der Waals surface area contributed by atoms with Crippen LogP contribution in [-0.4, -0.2) is 26.7 Å². The van der Waals surface area contributed by atoms with Crippen LogP contribution in [0.2, 0.25) is 0 Å². The molecule has 0 bridgehead atoms. The summed E-state index contributed by atoms with van der Waals surface area (Å²) in [5.41, 5.74) is 4.31. The second-order valence-electron chi connectivity index (χ2n) is 9.82. The summed E-state index contributed by atoms with van der Waals surface area (Å²) < 4.78 is 10.6. The lowest BCUT2D eigenvalue weighted by Gasteiger charge is -2.25. The Morgan fingerprint density at radius 2 is 1.68 bits per heavy atom. The number of ether oxygens (including phenoxy) is 1. The Labute approximate surface area is 238 Å². The van der Waals surface area contributed by atoms with Crippen molar-refractivity contribution in [2.45, 2.75) is 13.0 Å². The summed E-state index contributed by atoms with van der Waals surface area (Å²) in [5, 5.41) is 2.96. The van der Waals surface area contributed by atoms with Gasteiger partial charge in [0.1, 0.15) is 5.75 Å². The lowest BCUT2D eigenvalue weighted by Crippen LogP contribution is -2.40. The molecule has 41 heavy (non-hydrogen) atoms. The second-order valence-corrected chi connectivity index (χ2v) is 10.8. The monoisotopic (exact) mass is 565 g/mol. The van der Waals surface area contributed by atoms with Crippen LogP contribution in [0.1, 0.15) is 24.1 Å². The zero-order valence-electron chi connectivity index (χ0n) is 22.9. The Bertz CT molecular complexity index is 2100. The van der Waals surface area contributed by atoms with E-state index in [1.165, 1.54) is 11.3 Å². The average molecular weight is 566 g/mol. The van der Waals surface area contributed by atoms with Gasteiger partial charge in [-0.1, -0.05) is 47.7 Å². The first-order chi connectivity index (χ1) is 19.8. The van der Waals surface area contributed by atoms with Gasteiger partial charge in [0.05, 0.1) is 40.0 Å². The molecule has 1 amide bonds. The van der Waals surface area contributed by atoms with E-state index in [0.29, 0.717) is 32.0 Å². The van der Waals surface area contributed by atoms with Crippen LogP contribution in [0, 0.1) is 0 Å². The zero-order chi connectivity index (χ0) is 28.8. The van der Waals surface area contributed by atoms with Crippen LogP contribution in [0.15, 0.2) is 98.6 Å². The largest absolute Gasteiger partial charge is 0.497 e. The van der Waals surface area contributed by atoms with E-state index in [-0.39, 0.29) is 17.2 Å². The van der Waals surface area contributed by atoms with Crippen molar-refractivity contribution in [2.75, 3.05) is 12.4 Å². The van der Waals surface area contributed by atoms with Gasteiger partial charge in [-0.05, 0) is 60.5 Å². The van der Waals surface area contributed by atoms with E-state index in [2.05, 4.69) is 5.32 Å². The van der Waals surface area contributed by atoms with Crippen molar-refractivity contribution in [3.05, 3.63) is 125 Å². The molecule has 1 aliphatic rings. The Kier molecular flexibility index (Phi) is 6.55. The average Bonchev–Trinajstić information content (AvgIpc) is 3.40. The molecule has 1 N–H and O–H groups in total. The van der Waals surface area contributed by atoms with Crippen molar-refractivity contribution in [1.29, 1.82) is 0 Å². The molecule has 0 fully saturated rings. The number of anilines is 1. The van der Waals surface area contributed by atoms with Gasteiger partial charge in [0, 0.05) is 19.8 Å². The molecule has 0 radical (unpaired) electrons. The maximum absolute atomic E-state index is 14.0. The topological polar surface area (TPSA) is 99.6 Å². The van der Waals surface area contributed by atoms with Gasteiger partial charge in [0.15, 0.2) is 4.80 Å². The minimum absolute atomic E-state index is 0.118. The number of rotatable bonds is 5. The highest BCUT2D eigenvalue weighted by molar-refractivity contribution is 7.07. The third kappa shape index (κ3) is 4.52. The predicted molar refractivity (Wildman–Crippen MR) is 160 cm³/mol. The van der Waals surface area contributed by atoms with Gasteiger partial charge in [-0.3, -0.25) is 23.3 Å². The number of para-hydroxylation sites is 1. The maximum atomic E-state index is 14.0. The molecule has 2 aromatic heterocycles. The minimum Gasteiger partial charge on any atom is -0.497 e. The molecule has 10 heteroatoms. The van der Waals surface area contributed by atoms with Crippen LogP contribution in [-0.2, 0) is 18.9 Å². The summed E-state index contributed by atoms with van der Waals surface area (Å²) in [7, 11) is 5.04. The molecular formula is C31H27N5O4S. The van der Waals surface area contributed by atoms with Gasteiger partial charge >= 0.3 is 5.69 Å². The lowest BCUT2D eigenvalue weighted by atomic mass is 9.95. The molecule has 1 atom stereocenters. The number of carbonyl (C=O) groups excluding carboxylic acids is 1. The number of methoxy groups -OCH3 is 1. The molecule has 6 rings (SSSR count). The number of thiazole rings is 1. The highest BCUT2D eigenvalue weighted by atomic mass is 32.1. The standard InChI is InChI=1S/C31H27N5O4S/c1-18-26(28(37)33-21-8-6-5-7-9-21)27(20-11-13-22(40-4)14-12-20)36-29(38)25(41-30(36)32-18)17-19-10-15-23-24(16-19)35(3)31(39)34(23)2/h5-17,27H,1-4H3,(H,33,37). The van der Waals surface area contributed by atoms with E-state index in [1.807, 2.05) is 72.8 Å². The number of nitrogens with one attached hydrogen (secondary N) is 1. The van der Waals surface area contributed by atoms with Crippen molar-refractivity contribution in [1.82, 2.24) is 13.7 Å². The van der Waals surface area contributed by atoms with E-state index < -0.39 is 6.04 Å². The summed E-state index contributed by atoms with van der Waals surface area (Å²) in [5.74, 6) is 0.339. The van der Waals surface area contributed by atoms with Gasteiger partial charge in [-0.2, -0.15) is 0 Å². The van der Waals surface area contributed by atoms with E-state index >= 15 is 0 Å². The molecule has 3 heterocycles. The number of allylic oxidation sites excluding steroid dienone is 1. The first kappa shape index (κ1) is 26.3. The van der Waals surface area contributed by atoms with Crippen molar-refractivity contribution >= 4 is 40.0 Å². The highest BCUT2D eigenvalue weighted by Gasteiger charge is 2.32. The Balaban J connectivity index is 1.51. The number of nitrogens with zero attached hydrogens (tertiary/aromatic N) is 4. The number of benzene rings is 3. The number of imidazole rings is 1. The molecule has 5 aromatic rings. The Morgan fingerprint density at radius 1 is 0.976 bits per heavy atom. The SMILES string of the molecule is COc1ccc(C2C(C(=O)Nc3ccccc3)=C(C)N=c3sc(=Cc4ccc5c(c4)n(C)c(=O)n5C)c(=O)n32)cc1. The summed E-state index contributed by atoms with van der Waals surface area (Å²) in [4.78, 5) is 45.3. The lowest BCUT2D eigenvalue weighted by molar-refractivity contribution is -0.113. The normalized spacial score (nSPS) is 15.1. The number of aromatic nitrogens is 3. The van der Waals surface area contributed by atoms with Crippen molar-refractivity contribution in [3.63, 3.8) is 0 Å². The fourth-order valence-electron chi connectivity index (χ4n) is 5.20. The number of carbonyl (C=O) groups is 1. The quantitative estimate of drug-likeness (QED) is 0.354.